The lowest BCUT2D eigenvalue weighted by atomic mass is 9.95. The predicted octanol–water partition coefficient (Wildman–Crippen LogP) is -0.529. The Kier molecular flexibility index (Phi) is 6.78. The summed E-state index contributed by atoms with van der Waals surface area (Å²) < 4.78 is 0. The van der Waals surface area contributed by atoms with Crippen molar-refractivity contribution in [2.24, 2.45) is 11.7 Å². The maximum Gasteiger partial charge on any atom is 0.267 e. The molecule has 1 fully saturated rings. The lowest BCUT2D eigenvalue weighted by molar-refractivity contribution is -0.132. The molecule has 1 aliphatic heterocycles. The molecule has 0 aliphatic carbocycles. The van der Waals surface area contributed by atoms with Gasteiger partial charge >= 0.3 is 0 Å². The number of hydrogen-bond acceptors (Lipinski definition) is 5. The summed E-state index contributed by atoms with van der Waals surface area (Å²) in [5.41, 5.74) is 7.32. The van der Waals surface area contributed by atoms with Crippen molar-refractivity contribution in [3.8, 4) is 23.7 Å². The average Bonchev–Trinajstić information content (AvgIpc) is 2.63. The average molecular weight is 382 g/mol. The highest BCUT2D eigenvalue weighted by atomic mass is 16.5. The fourth-order valence-electron chi connectivity index (χ4n) is 2.50. The summed E-state index contributed by atoms with van der Waals surface area (Å²) in [5, 5.41) is 11.3. The lowest BCUT2D eigenvalue weighted by Crippen LogP contribution is -2.61. The van der Waals surface area contributed by atoms with E-state index in [9.17, 15) is 14.4 Å². The van der Waals surface area contributed by atoms with Gasteiger partial charge in [0.1, 0.15) is 6.04 Å². The Labute approximate surface area is 163 Å². The van der Waals surface area contributed by atoms with Crippen molar-refractivity contribution in [2.45, 2.75) is 25.4 Å². The molecule has 1 saturated heterocycles. The summed E-state index contributed by atoms with van der Waals surface area (Å²) >= 11 is 0. The van der Waals surface area contributed by atoms with Gasteiger partial charge in [-0.2, -0.15) is 0 Å². The molecule has 0 saturated carbocycles. The first kappa shape index (κ1) is 21.0. The Morgan fingerprint density at radius 3 is 2.46 bits per heavy atom. The molecule has 0 unspecified atom stereocenters. The molecule has 1 aliphatic rings. The Morgan fingerprint density at radius 1 is 1.29 bits per heavy atom. The van der Waals surface area contributed by atoms with Gasteiger partial charge in [-0.15, -0.1) is 0 Å². The molecular weight excluding hydrogens is 360 g/mol. The van der Waals surface area contributed by atoms with Gasteiger partial charge in [-0.1, -0.05) is 11.8 Å². The van der Waals surface area contributed by atoms with Crippen LogP contribution in [0.5, 0.6) is 0 Å². The number of carbonyl (C=O) groups is 3. The van der Waals surface area contributed by atoms with Crippen LogP contribution in [0.15, 0.2) is 24.3 Å². The summed E-state index contributed by atoms with van der Waals surface area (Å²) in [6.07, 6.45) is 0.800. The zero-order valence-corrected chi connectivity index (χ0v) is 15.7. The van der Waals surface area contributed by atoms with Crippen molar-refractivity contribution in [3.05, 3.63) is 35.4 Å². The van der Waals surface area contributed by atoms with Gasteiger partial charge in [-0.05, 0) is 50.0 Å². The third-order valence-corrected chi connectivity index (χ3v) is 4.14. The van der Waals surface area contributed by atoms with Gasteiger partial charge in [0.2, 0.25) is 6.41 Å². The number of nitrogens with zero attached hydrogens (tertiary/aromatic N) is 1. The number of hydroxylamine groups is 1. The second kappa shape index (κ2) is 9.05. The van der Waals surface area contributed by atoms with Crippen molar-refractivity contribution in [3.63, 3.8) is 0 Å². The number of likely N-dealkylation sites (tertiary alicyclic amines) is 1. The van der Waals surface area contributed by atoms with E-state index in [4.69, 9.17) is 10.9 Å². The van der Waals surface area contributed by atoms with Crippen molar-refractivity contribution in [2.75, 3.05) is 13.1 Å². The SMILES string of the molecule is CC(C)(N)[C@H](NC(=O)c1ccc(C#CC#CC2CN(C=O)C2)cc1)C(=O)NO. The minimum absolute atomic E-state index is 0.168. The van der Waals surface area contributed by atoms with E-state index in [2.05, 4.69) is 29.0 Å². The van der Waals surface area contributed by atoms with E-state index in [1.165, 1.54) is 5.48 Å². The van der Waals surface area contributed by atoms with Gasteiger partial charge in [0.05, 0.1) is 5.92 Å². The largest absolute Gasteiger partial charge is 0.343 e. The van der Waals surface area contributed by atoms with Gasteiger partial charge < -0.3 is 16.0 Å². The molecule has 8 heteroatoms. The minimum atomic E-state index is -1.11. The molecule has 0 radical (unpaired) electrons. The number of carbonyl (C=O) groups excluding carboxylic acids is 3. The number of rotatable bonds is 5. The van der Waals surface area contributed by atoms with E-state index in [0.717, 1.165) is 6.41 Å². The van der Waals surface area contributed by atoms with Crippen LogP contribution in [0.1, 0.15) is 29.8 Å². The highest BCUT2D eigenvalue weighted by Gasteiger charge is 2.33. The molecule has 1 aromatic rings. The van der Waals surface area contributed by atoms with Crippen LogP contribution in [-0.4, -0.2) is 53.0 Å². The molecule has 0 aromatic heterocycles. The number of nitrogens with two attached hydrogens (primary N) is 1. The smallest absolute Gasteiger partial charge is 0.267 e. The standard InChI is InChI=1S/C20H22N4O4/c1-20(2,21)17(19(27)23-28)22-18(26)16-9-7-14(8-10-16)5-3-4-6-15-11-24(12-15)13-25/h7-10,13,15,17,28H,11-12,21H2,1-2H3,(H,22,26)(H,23,27)/t17-/m1/s1. The third-order valence-electron chi connectivity index (χ3n) is 4.14. The molecule has 5 N–H and O–H groups in total. The summed E-state index contributed by atoms with van der Waals surface area (Å²) in [4.78, 5) is 36.2. The van der Waals surface area contributed by atoms with Crippen LogP contribution in [0, 0.1) is 29.6 Å². The highest BCUT2D eigenvalue weighted by molar-refractivity contribution is 5.97. The van der Waals surface area contributed by atoms with Gasteiger partial charge in [-0.3, -0.25) is 19.6 Å². The van der Waals surface area contributed by atoms with Crippen LogP contribution in [0.3, 0.4) is 0 Å². The van der Waals surface area contributed by atoms with Gasteiger partial charge in [0.15, 0.2) is 0 Å². The van der Waals surface area contributed by atoms with Crippen LogP contribution >= 0.6 is 0 Å². The third kappa shape index (κ3) is 5.58. The molecule has 0 bridgehead atoms. The summed E-state index contributed by atoms with van der Waals surface area (Å²) in [5.74, 6) is 10.2. The molecule has 146 valence electrons. The van der Waals surface area contributed by atoms with E-state index < -0.39 is 23.4 Å². The van der Waals surface area contributed by atoms with Crippen molar-refractivity contribution < 1.29 is 19.6 Å². The number of benzene rings is 1. The molecule has 2 rings (SSSR count). The zero-order chi connectivity index (χ0) is 20.7. The molecule has 1 atom stereocenters. The van der Waals surface area contributed by atoms with E-state index in [-0.39, 0.29) is 5.92 Å². The van der Waals surface area contributed by atoms with Gasteiger partial charge in [0, 0.05) is 29.8 Å². The molecule has 3 amide bonds. The summed E-state index contributed by atoms with van der Waals surface area (Å²) in [6, 6.07) is 5.35. The zero-order valence-electron chi connectivity index (χ0n) is 15.7. The molecule has 1 aromatic carbocycles. The summed E-state index contributed by atoms with van der Waals surface area (Å²) in [6.45, 7) is 4.40. The number of nitrogens with one attached hydrogen (secondary N) is 2. The fraction of sp³-hybridized carbons (Fsp3) is 0.350. The van der Waals surface area contributed by atoms with E-state index in [1.54, 1.807) is 43.0 Å². The van der Waals surface area contributed by atoms with Crippen molar-refractivity contribution in [1.29, 1.82) is 0 Å². The topological polar surface area (TPSA) is 125 Å². The first-order chi connectivity index (χ1) is 13.2. The second-order valence-electron chi connectivity index (χ2n) is 7.06. The molecular formula is C20H22N4O4. The lowest BCUT2D eigenvalue weighted by Gasteiger charge is -2.32. The van der Waals surface area contributed by atoms with Crippen molar-refractivity contribution in [1.82, 2.24) is 15.7 Å². The highest BCUT2D eigenvalue weighted by Crippen LogP contribution is 2.11. The first-order valence-corrected chi connectivity index (χ1v) is 8.59. The normalized spacial score (nSPS) is 14.4. The quantitative estimate of drug-likeness (QED) is 0.236. The molecule has 28 heavy (non-hydrogen) atoms. The van der Waals surface area contributed by atoms with E-state index >= 15 is 0 Å². The van der Waals surface area contributed by atoms with E-state index in [0.29, 0.717) is 24.2 Å². The number of amides is 3. The Hall–Kier alpha value is -3.33. The van der Waals surface area contributed by atoms with Crippen LogP contribution in [0.2, 0.25) is 0 Å². The Balaban J connectivity index is 1.97. The second-order valence-corrected chi connectivity index (χ2v) is 7.06. The van der Waals surface area contributed by atoms with Crippen LogP contribution in [0.25, 0.3) is 0 Å². The Bertz CT molecular complexity index is 860. The first-order valence-electron chi connectivity index (χ1n) is 8.59. The van der Waals surface area contributed by atoms with E-state index in [1.807, 2.05) is 0 Å². The molecule has 1 heterocycles. The van der Waals surface area contributed by atoms with Crippen molar-refractivity contribution >= 4 is 18.2 Å². The fourth-order valence-corrected chi connectivity index (χ4v) is 2.50. The molecule has 8 nitrogen and oxygen atoms in total. The Morgan fingerprint density at radius 2 is 1.93 bits per heavy atom. The van der Waals surface area contributed by atoms with Crippen LogP contribution in [0.4, 0.5) is 0 Å². The van der Waals surface area contributed by atoms with Gasteiger partial charge in [-0.25, -0.2) is 5.48 Å². The van der Waals surface area contributed by atoms with Crippen LogP contribution < -0.4 is 16.5 Å². The number of hydrogen-bond donors (Lipinski definition) is 4. The maximum atomic E-state index is 12.3. The summed E-state index contributed by atoms with van der Waals surface area (Å²) in [7, 11) is 0. The van der Waals surface area contributed by atoms with Crippen LogP contribution in [-0.2, 0) is 9.59 Å². The maximum absolute atomic E-state index is 12.3. The van der Waals surface area contributed by atoms with Gasteiger partial charge in [0.25, 0.3) is 11.8 Å². The monoisotopic (exact) mass is 382 g/mol. The minimum Gasteiger partial charge on any atom is -0.343 e. The predicted molar refractivity (Wildman–Crippen MR) is 102 cm³/mol. The molecule has 0 spiro atoms.